The van der Waals surface area contributed by atoms with Crippen LogP contribution in [0, 0.1) is 11.8 Å². The van der Waals surface area contributed by atoms with Crippen LogP contribution in [0.25, 0.3) is 0 Å². The number of hydrogen-bond acceptors (Lipinski definition) is 2. The second-order valence-corrected chi connectivity index (χ2v) is 7.21. The summed E-state index contributed by atoms with van der Waals surface area (Å²) in [5.41, 5.74) is 2.95. The Balaban J connectivity index is 0.00000312. The first-order valence-corrected chi connectivity index (χ1v) is 9.34. The third-order valence-electron chi connectivity index (χ3n) is 4.67. The number of aliphatic hydroxyl groups is 1. The molecule has 2 rings (SSSR count). The van der Waals surface area contributed by atoms with E-state index in [1.54, 1.807) is 0 Å². The highest BCUT2D eigenvalue weighted by Gasteiger charge is 2.25. The Bertz CT molecular complexity index is 533. The van der Waals surface area contributed by atoms with Gasteiger partial charge in [0.05, 0.1) is 0 Å². The van der Waals surface area contributed by atoms with Gasteiger partial charge in [0.1, 0.15) is 0 Å². The summed E-state index contributed by atoms with van der Waals surface area (Å²) in [4.78, 5) is 4.76. The van der Waals surface area contributed by atoms with Crippen molar-refractivity contribution in [2.45, 2.75) is 46.0 Å². The number of aliphatic hydroxyl groups excluding tert-OH is 1. The normalized spacial score (nSPS) is 17.3. The summed E-state index contributed by atoms with van der Waals surface area (Å²) in [6.07, 6.45) is 3.10. The lowest BCUT2D eigenvalue weighted by Gasteiger charge is -2.30. The molecule has 0 aromatic heterocycles. The lowest BCUT2D eigenvalue weighted by Crippen LogP contribution is -2.41. The zero-order chi connectivity index (χ0) is 17.4. The van der Waals surface area contributed by atoms with E-state index >= 15 is 0 Å². The highest BCUT2D eigenvalue weighted by molar-refractivity contribution is 14.0. The standard InChI is InChI=1S/C20H33N3O.HI/c1-4-21-20(22-13-16(9-10-24)11-15(2)3)23-14-18-12-17-7-5-6-8-19(17)18;/h5-8,15-16,18,24H,4,9-14H2,1-3H3,(H2,21,22,23);1H. The van der Waals surface area contributed by atoms with E-state index in [0.717, 1.165) is 44.9 Å². The van der Waals surface area contributed by atoms with Gasteiger partial charge in [-0.3, -0.25) is 4.99 Å². The van der Waals surface area contributed by atoms with Crippen molar-refractivity contribution in [3.8, 4) is 0 Å². The molecule has 0 aliphatic heterocycles. The summed E-state index contributed by atoms with van der Waals surface area (Å²) in [5.74, 6) is 2.58. The van der Waals surface area contributed by atoms with Gasteiger partial charge < -0.3 is 15.7 Å². The van der Waals surface area contributed by atoms with Crippen LogP contribution >= 0.6 is 24.0 Å². The molecule has 25 heavy (non-hydrogen) atoms. The zero-order valence-electron chi connectivity index (χ0n) is 15.8. The molecule has 1 aliphatic rings. The number of fused-ring (bicyclic) bond motifs is 1. The highest BCUT2D eigenvalue weighted by Crippen LogP contribution is 2.33. The van der Waals surface area contributed by atoms with Crippen LogP contribution in [0.1, 0.15) is 50.7 Å². The number of halogens is 1. The molecule has 1 aromatic rings. The minimum absolute atomic E-state index is 0. The number of benzene rings is 1. The number of rotatable bonds is 9. The van der Waals surface area contributed by atoms with Gasteiger partial charge in [0, 0.05) is 32.2 Å². The highest BCUT2D eigenvalue weighted by atomic mass is 127. The molecular weight excluding hydrogens is 425 g/mol. The number of aliphatic imine (C=N–C) groups is 1. The van der Waals surface area contributed by atoms with Crippen molar-refractivity contribution in [1.29, 1.82) is 0 Å². The first-order chi connectivity index (χ1) is 11.6. The second-order valence-electron chi connectivity index (χ2n) is 7.21. The fourth-order valence-electron chi connectivity index (χ4n) is 3.46. The lowest BCUT2D eigenvalue weighted by molar-refractivity contribution is 0.245. The van der Waals surface area contributed by atoms with Crippen LogP contribution in [0.3, 0.4) is 0 Å². The summed E-state index contributed by atoms with van der Waals surface area (Å²) < 4.78 is 0. The third kappa shape index (κ3) is 7.13. The largest absolute Gasteiger partial charge is 0.396 e. The van der Waals surface area contributed by atoms with Crippen molar-refractivity contribution >= 4 is 29.9 Å². The first kappa shape index (κ1) is 22.2. The smallest absolute Gasteiger partial charge is 0.191 e. The van der Waals surface area contributed by atoms with E-state index in [2.05, 4.69) is 55.7 Å². The minimum atomic E-state index is 0. The van der Waals surface area contributed by atoms with Crippen molar-refractivity contribution in [2.24, 2.45) is 16.8 Å². The fraction of sp³-hybridized carbons (Fsp3) is 0.650. The van der Waals surface area contributed by atoms with Crippen LogP contribution in [0.15, 0.2) is 29.3 Å². The summed E-state index contributed by atoms with van der Waals surface area (Å²) >= 11 is 0. The Morgan fingerprint density at radius 1 is 1.28 bits per heavy atom. The Kier molecular flexibility index (Phi) is 10.4. The van der Waals surface area contributed by atoms with E-state index in [4.69, 9.17) is 4.99 Å². The minimum Gasteiger partial charge on any atom is -0.396 e. The lowest BCUT2D eigenvalue weighted by atomic mass is 9.78. The molecule has 1 aromatic carbocycles. The van der Waals surface area contributed by atoms with Crippen molar-refractivity contribution in [3.63, 3.8) is 0 Å². The molecule has 0 fully saturated rings. The maximum Gasteiger partial charge on any atom is 0.191 e. The van der Waals surface area contributed by atoms with Crippen molar-refractivity contribution in [3.05, 3.63) is 35.4 Å². The average molecular weight is 459 g/mol. The molecule has 2 atom stereocenters. The molecule has 0 spiro atoms. The second kappa shape index (κ2) is 11.7. The van der Waals surface area contributed by atoms with E-state index in [9.17, 15) is 5.11 Å². The van der Waals surface area contributed by atoms with Crippen LogP contribution in [-0.2, 0) is 6.42 Å². The number of nitrogens with one attached hydrogen (secondary N) is 2. The average Bonchev–Trinajstić information content (AvgIpc) is 2.52. The molecule has 0 saturated heterocycles. The van der Waals surface area contributed by atoms with Gasteiger partial charge in [-0.1, -0.05) is 38.1 Å². The van der Waals surface area contributed by atoms with E-state index in [1.807, 2.05) is 0 Å². The Morgan fingerprint density at radius 2 is 2.04 bits per heavy atom. The molecule has 0 saturated carbocycles. The fourth-order valence-corrected chi connectivity index (χ4v) is 3.46. The zero-order valence-corrected chi connectivity index (χ0v) is 18.1. The summed E-state index contributed by atoms with van der Waals surface area (Å²) in [5, 5.41) is 16.1. The molecule has 0 bridgehead atoms. The van der Waals surface area contributed by atoms with Gasteiger partial charge in [0.2, 0.25) is 0 Å². The van der Waals surface area contributed by atoms with E-state index < -0.39 is 0 Å². The molecule has 0 amide bonds. The van der Waals surface area contributed by atoms with Gasteiger partial charge in [-0.05, 0) is 49.1 Å². The molecule has 3 N–H and O–H groups in total. The molecule has 4 nitrogen and oxygen atoms in total. The SMILES string of the molecule is CCNC(=NCC(CCO)CC(C)C)NCC1Cc2ccccc21.I. The van der Waals surface area contributed by atoms with Gasteiger partial charge in [0.15, 0.2) is 5.96 Å². The topological polar surface area (TPSA) is 56.7 Å². The Morgan fingerprint density at radius 3 is 2.68 bits per heavy atom. The molecule has 0 heterocycles. The van der Waals surface area contributed by atoms with Crippen LogP contribution < -0.4 is 10.6 Å². The first-order valence-electron chi connectivity index (χ1n) is 9.34. The van der Waals surface area contributed by atoms with Gasteiger partial charge in [-0.15, -0.1) is 24.0 Å². The van der Waals surface area contributed by atoms with E-state index in [1.165, 1.54) is 11.1 Å². The Labute approximate surface area is 169 Å². The van der Waals surface area contributed by atoms with Crippen molar-refractivity contribution in [1.82, 2.24) is 10.6 Å². The van der Waals surface area contributed by atoms with E-state index in [-0.39, 0.29) is 30.6 Å². The maximum absolute atomic E-state index is 9.25. The number of guanidine groups is 1. The van der Waals surface area contributed by atoms with Crippen LogP contribution in [0.4, 0.5) is 0 Å². The molecule has 0 radical (unpaired) electrons. The van der Waals surface area contributed by atoms with Gasteiger partial charge >= 0.3 is 0 Å². The molecule has 1 aliphatic carbocycles. The Hall–Kier alpha value is -0.820. The molecular formula is C20H34IN3O. The van der Waals surface area contributed by atoms with Gasteiger partial charge in [-0.2, -0.15) is 0 Å². The molecule has 5 heteroatoms. The van der Waals surface area contributed by atoms with Crippen LogP contribution in [0.5, 0.6) is 0 Å². The summed E-state index contributed by atoms with van der Waals surface area (Å²) in [6.45, 7) is 9.36. The van der Waals surface area contributed by atoms with Gasteiger partial charge in [-0.25, -0.2) is 0 Å². The molecule has 2 unspecified atom stereocenters. The number of hydrogen-bond donors (Lipinski definition) is 3. The summed E-state index contributed by atoms with van der Waals surface area (Å²) in [7, 11) is 0. The van der Waals surface area contributed by atoms with Crippen LogP contribution in [-0.4, -0.2) is 37.3 Å². The van der Waals surface area contributed by atoms with Crippen LogP contribution in [0.2, 0.25) is 0 Å². The maximum atomic E-state index is 9.25. The quantitative estimate of drug-likeness (QED) is 0.301. The predicted octanol–water partition coefficient (Wildman–Crippen LogP) is 3.54. The third-order valence-corrected chi connectivity index (χ3v) is 4.67. The van der Waals surface area contributed by atoms with E-state index in [0.29, 0.717) is 17.8 Å². The summed E-state index contributed by atoms with van der Waals surface area (Å²) in [6, 6.07) is 8.69. The van der Waals surface area contributed by atoms with Crippen molar-refractivity contribution in [2.75, 3.05) is 26.2 Å². The predicted molar refractivity (Wildman–Crippen MR) is 117 cm³/mol. The number of nitrogens with zero attached hydrogens (tertiary/aromatic N) is 1. The monoisotopic (exact) mass is 459 g/mol. The van der Waals surface area contributed by atoms with Crippen molar-refractivity contribution < 1.29 is 5.11 Å². The van der Waals surface area contributed by atoms with Gasteiger partial charge in [0.25, 0.3) is 0 Å². The molecule has 142 valence electrons.